The Balaban J connectivity index is 2.96. The summed E-state index contributed by atoms with van der Waals surface area (Å²) in [5, 5.41) is 0. The van der Waals surface area contributed by atoms with Gasteiger partial charge in [-0.2, -0.15) is 56.3 Å². The van der Waals surface area contributed by atoms with Gasteiger partial charge >= 0.3 is 55.1 Å². The Labute approximate surface area is 213 Å². The van der Waals surface area contributed by atoms with E-state index in [1.54, 1.807) is 0 Å². The molecule has 2 aromatic rings. The van der Waals surface area contributed by atoms with Crippen LogP contribution in [0.1, 0.15) is 17.2 Å². The Morgan fingerprint density at radius 2 is 1.44 bits per heavy atom. The molecule has 0 aliphatic heterocycles. The standard InChI is InChI=1S/C18H16F9N3O7S2/c1-28-7-8-29(10-28)13(15(31)36-2)14(37-9-11-3-5-12(6-4-11)16(19,20)21)30(38(32,33)17(22,23)24)39(34,35)18(25,26)27/h3-8,10,13H,9H2,1-2H3/q+2. The van der Waals surface area contributed by atoms with Crippen molar-refractivity contribution in [1.82, 2.24) is 4.57 Å². The van der Waals surface area contributed by atoms with Gasteiger partial charge in [-0.3, -0.25) is 0 Å². The summed E-state index contributed by atoms with van der Waals surface area (Å²) in [6.07, 6.45) is -2.12. The SMILES string of the molecule is COC(=O)C(C(OCc1ccc(C(F)(F)F)cc1)=[N+](S(=O)(=O)C(F)(F)F)S(=O)(=O)C(F)(F)F)n1cc[n+](C)c1. The average Bonchev–Trinajstić information content (AvgIpc) is 3.20. The molecule has 0 fully saturated rings. The third kappa shape index (κ3) is 6.62. The summed E-state index contributed by atoms with van der Waals surface area (Å²) in [4.78, 5) is 12.5. The fraction of sp³-hybridized carbons (Fsp3) is 0.389. The molecular weight excluding hydrogens is 605 g/mol. The summed E-state index contributed by atoms with van der Waals surface area (Å²) in [5.74, 6) is -4.04. The molecule has 0 spiro atoms. The molecule has 0 aliphatic rings. The van der Waals surface area contributed by atoms with E-state index >= 15 is 0 Å². The van der Waals surface area contributed by atoms with Crippen molar-refractivity contribution in [3.63, 3.8) is 0 Å². The molecule has 218 valence electrons. The van der Waals surface area contributed by atoms with Crippen LogP contribution in [0, 0.1) is 0 Å². The lowest BCUT2D eigenvalue weighted by atomic mass is 10.1. The van der Waals surface area contributed by atoms with Gasteiger partial charge in [0.15, 0.2) is 0 Å². The van der Waals surface area contributed by atoms with Crippen molar-refractivity contribution in [2.24, 2.45) is 7.05 Å². The predicted octanol–water partition coefficient (Wildman–Crippen LogP) is 2.37. The highest BCUT2D eigenvalue weighted by Gasteiger charge is 2.70. The first-order valence-electron chi connectivity index (χ1n) is 9.75. The second-order valence-corrected chi connectivity index (χ2v) is 11.2. The Morgan fingerprint density at radius 3 is 1.79 bits per heavy atom. The predicted molar refractivity (Wildman–Crippen MR) is 108 cm³/mol. The number of hydrogen-bond acceptors (Lipinski definition) is 7. The molecule has 1 atom stereocenters. The third-order valence-electron chi connectivity index (χ3n) is 4.62. The van der Waals surface area contributed by atoms with E-state index in [1.807, 2.05) is 0 Å². The number of aromatic nitrogens is 2. The lowest BCUT2D eigenvalue weighted by molar-refractivity contribution is -0.671. The van der Waals surface area contributed by atoms with Crippen LogP contribution >= 0.6 is 0 Å². The first-order chi connectivity index (χ1) is 17.6. The zero-order valence-electron chi connectivity index (χ0n) is 19.2. The van der Waals surface area contributed by atoms with Crippen molar-refractivity contribution in [2.45, 2.75) is 29.8 Å². The van der Waals surface area contributed by atoms with Crippen LogP contribution in [-0.4, -0.2) is 54.8 Å². The number of methoxy groups -OCH3 is 1. The summed E-state index contributed by atoms with van der Waals surface area (Å²) in [7, 11) is -13.2. The number of imidazole rings is 1. The van der Waals surface area contributed by atoms with Gasteiger partial charge in [0.1, 0.15) is 19.0 Å². The maximum atomic E-state index is 13.5. The molecule has 10 nitrogen and oxygen atoms in total. The number of aryl methyl sites for hydroxylation is 1. The highest BCUT2D eigenvalue weighted by molar-refractivity contribution is 7.98. The van der Waals surface area contributed by atoms with E-state index in [0.29, 0.717) is 35.9 Å². The number of rotatable bonds is 7. The van der Waals surface area contributed by atoms with Crippen LogP contribution in [0.5, 0.6) is 0 Å². The molecule has 1 heterocycles. The van der Waals surface area contributed by atoms with Crippen LogP contribution in [0.2, 0.25) is 0 Å². The molecule has 0 aliphatic carbocycles. The molecule has 0 saturated carbocycles. The monoisotopic (exact) mass is 621 g/mol. The van der Waals surface area contributed by atoms with Crippen LogP contribution in [0.4, 0.5) is 39.5 Å². The van der Waals surface area contributed by atoms with Crippen molar-refractivity contribution in [3.05, 3.63) is 54.1 Å². The first kappa shape index (κ1) is 31.9. The number of ether oxygens (including phenoxy) is 2. The van der Waals surface area contributed by atoms with Gasteiger partial charge < -0.3 is 9.47 Å². The summed E-state index contributed by atoms with van der Waals surface area (Å²) in [6.45, 7) is -1.30. The minimum absolute atomic E-state index is 0.407. The van der Waals surface area contributed by atoms with E-state index < -0.39 is 76.3 Å². The average molecular weight is 621 g/mol. The third-order valence-corrected chi connectivity index (χ3v) is 8.20. The molecule has 0 radical (unpaired) electrons. The number of sulfonamides is 2. The molecule has 1 aromatic carbocycles. The number of benzene rings is 1. The quantitative estimate of drug-likeness (QED) is 0.153. The molecule has 0 N–H and O–H groups in total. The zero-order chi connectivity index (χ0) is 30.2. The number of carbonyl (C=O) groups is 1. The second-order valence-electron chi connectivity index (χ2n) is 7.37. The molecule has 0 bridgehead atoms. The molecular formula is C18H16F9N3O7S2+2. The Bertz CT molecular complexity index is 1410. The van der Waals surface area contributed by atoms with E-state index in [1.165, 1.54) is 7.05 Å². The Kier molecular flexibility index (Phi) is 8.71. The number of alkyl halides is 9. The maximum Gasteiger partial charge on any atom is 0.561 e. The molecule has 21 heteroatoms. The first-order valence-corrected chi connectivity index (χ1v) is 12.6. The molecule has 0 saturated heterocycles. The van der Waals surface area contributed by atoms with Gasteiger partial charge in [-0.15, -0.1) is 0 Å². The van der Waals surface area contributed by atoms with Crippen LogP contribution in [0.3, 0.4) is 0 Å². The van der Waals surface area contributed by atoms with E-state index in [0.717, 1.165) is 23.3 Å². The lowest BCUT2D eigenvalue weighted by Crippen LogP contribution is -2.49. The molecule has 2 rings (SSSR count). The minimum atomic E-state index is -7.51. The van der Waals surface area contributed by atoms with Gasteiger partial charge in [0, 0.05) is 0 Å². The van der Waals surface area contributed by atoms with Crippen LogP contribution < -0.4 is 4.57 Å². The second kappa shape index (κ2) is 10.7. The Hall–Kier alpha value is -3.36. The highest BCUT2D eigenvalue weighted by Crippen LogP contribution is 2.34. The van der Waals surface area contributed by atoms with Gasteiger partial charge in [-0.05, 0) is 17.7 Å². The molecule has 1 aromatic heterocycles. The summed E-state index contributed by atoms with van der Waals surface area (Å²) < 4.78 is 177. The van der Waals surface area contributed by atoms with Gasteiger partial charge in [0.2, 0.25) is 6.33 Å². The number of hydrogen-bond donors (Lipinski definition) is 0. The molecule has 1 unspecified atom stereocenters. The molecule has 39 heavy (non-hydrogen) atoms. The summed E-state index contributed by atoms with van der Waals surface area (Å²) >= 11 is 0. The fourth-order valence-electron chi connectivity index (χ4n) is 2.82. The lowest BCUT2D eigenvalue weighted by Gasteiger charge is -2.16. The minimum Gasteiger partial charge on any atom is -0.465 e. The van der Waals surface area contributed by atoms with Crippen molar-refractivity contribution in [1.29, 1.82) is 0 Å². The maximum absolute atomic E-state index is 13.5. The number of nitrogens with zero attached hydrogens (tertiary/aromatic N) is 3. The van der Waals surface area contributed by atoms with Crippen molar-refractivity contribution < 1.29 is 78.6 Å². The van der Waals surface area contributed by atoms with Gasteiger partial charge in [-0.25, -0.2) is 13.9 Å². The topological polar surface area (TPSA) is 116 Å². The van der Waals surface area contributed by atoms with Crippen LogP contribution in [0.25, 0.3) is 0 Å². The largest absolute Gasteiger partial charge is 0.561 e. The Morgan fingerprint density at radius 1 is 0.949 bits per heavy atom. The molecule has 0 amide bonds. The number of carbonyl (C=O) groups excluding carboxylic acids is 1. The summed E-state index contributed by atoms with van der Waals surface area (Å²) in [5.41, 5.74) is -15.0. The van der Waals surface area contributed by atoms with Gasteiger partial charge in [0.05, 0.1) is 23.1 Å². The van der Waals surface area contributed by atoms with Gasteiger partial charge in [-0.1, -0.05) is 12.1 Å². The highest BCUT2D eigenvalue weighted by atomic mass is 32.3. The van der Waals surface area contributed by atoms with Crippen molar-refractivity contribution in [2.75, 3.05) is 7.11 Å². The van der Waals surface area contributed by atoms with Crippen molar-refractivity contribution in [3.8, 4) is 0 Å². The van der Waals surface area contributed by atoms with E-state index in [2.05, 4.69) is 4.74 Å². The summed E-state index contributed by atoms with van der Waals surface area (Å²) in [6, 6.07) is -0.536. The van der Waals surface area contributed by atoms with Crippen LogP contribution in [-0.2, 0) is 54.1 Å². The normalized spacial score (nSPS) is 14.0. The van der Waals surface area contributed by atoms with Gasteiger partial charge in [0.25, 0.3) is 0 Å². The number of halogens is 9. The van der Waals surface area contributed by atoms with Crippen molar-refractivity contribution >= 4 is 31.9 Å². The van der Waals surface area contributed by atoms with E-state index in [9.17, 15) is 61.1 Å². The fourth-order valence-corrected chi connectivity index (χ4v) is 5.51. The van der Waals surface area contributed by atoms with Crippen LogP contribution in [0.15, 0.2) is 43.0 Å². The smallest absolute Gasteiger partial charge is 0.465 e. The number of esters is 1. The zero-order valence-corrected chi connectivity index (χ0v) is 20.9. The van der Waals surface area contributed by atoms with E-state index in [4.69, 9.17) is 4.74 Å². The van der Waals surface area contributed by atoms with E-state index in [-0.39, 0.29) is 0 Å².